The van der Waals surface area contributed by atoms with Gasteiger partial charge in [0.1, 0.15) is 11.7 Å². The normalized spacial score (nSPS) is 20.6. The molecule has 2 heterocycles. The maximum Gasteiger partial charge on any atom is 0.410 e. The van der Waals surface area contributed by atoms with Gasteiger partial charge in [-0.25, -0.2) is 22.9 Å². The number of pyridine rings is 1. The van der Waals surface area contributed by atoms with Crippen LogP contribution in [0.3, 0.4) is 0 Å². The van der Waals surface area contributed by atoms with Gasteiger partial charge in [-0.2, -0.15) is 0 Å². The van der Waals surface area contributed by atoms with E-state index in [9.17, 15) is 13.2 Å². The Balaban J connectivity index is 0.00000361. The number of nitrogens with one attached hydrogen (secondary N) is 1. The molecule has 0 atom stereocenters. The van der Waals surface area contributed by atoms with Crippen molar-refractivity contribution in [3.63, 3.8) is 0 Å². The van der Waals surface area contributed by atoms with Gasteiger partial charge in [-0.05, 0) is 64.0 Å². The van der Waals surface area contributed by atoms with Gasteiger partial charge < -0.3 is 14.4 Å². The first-order chi connectivity index (χ1) is 16.5. The fraction of sp³-hybridized carbons (Fsp3) is 0.462. The van der Waals surface area contributed by atoms with E-state index in [4.69, 9.17) is 9.47 Å². The van der Waals surface area contributed by atoms with Crippen molar-refractivity contribution < 1.29 is 24.1 Å². The van der Waals surface area contributed by atoms with Crippen LogP contribution < -0.4 is 9.46 Å². The minimum absolute atomic E-state index is 0. The summed E-state index contributed by atoms with van der Waals surface area (Å²) >= 11 is 0. The van der Waals surface area contributed by atoms with E-state index in [-0.39, 0.29) is 24.6 Å². The van der Waals surface area contributed by atoms with Crippen molar-refractivity contribution >= 4 is 21.7 Å². The van der Waals surface area contributed by atoms with E-state index < -0.39 is 15.6 Å². The standard InChI is InChI=1S/C26H33N3O5S.H2/c1-18-7-9-22(10-8-18)35(31,32)28-20-16-21(17-20)33-24-23(6-5-13-27-24)19-11-14-29(15-12-19)25(30)34-26(2,3)4;/h5-11,13,20-21,28H,12,14-17H2,1-4H3;1H. The van der Waals surface area contributed by atoms with E-state index in [0.29, 0.717) is 38.2 Å². The number of carbonyl (C=O) groups excluding carboxylic acids is 1. The molecule has 9 heteroatoms. The van der Waals surface area contributed by atoms with Crippen LogP contribution in [0.1, 0.15) is 52.6 Å². The largest absolute Gasteiger partial charge is 0.474 e. The van der Waals surface area contributed by atoms with E-state index in [1.165, 1.54) is 0 Å². The lowest BCUT2D eigenvalue weighted by Gasteiger charge is -2.35. The first-order valence-corrected chi connectivity index (χ1v) is 13.4. The molecule has 8 nitrogen and oxygen atoms in total. The van der Waals surface area contributed by atoms with E-state index in [2.05, 4.69) is 9.71 Å². The van der Waals surface area contributed by atoms with Crippen molar-refractivity contribution in [2.75, 3.05) is 13.1 Å². The summed E-state index contributed by atoms with van der Waals surface area (Å²) in [6, 6.07) is 10.5. The number of carbonyl (C=O) groups is 1. The third-order valence-corrected chi connectivity index (χ3v) is 7.54. The molecule has 0 unspecified atom stereocenters. The minimum atomic E-state index is -3.56. The summed E-state index contributed by atoms with van der Waals surface area (Å²) in [7, 11) is -3.56. The third-order valence-electron chi connectivity index (χ3n) is 6.00. The Morgan fingerprint density at radius 3 is 2.51 bits per heavy atom. The summed E-state index contributed by atoms with van der Waals surface area (Å²) in [5.41, 5.74) is 2.46. The number of ether oxygens (including phenoxy) is 2. The first kappa shape index (κ1) is 25.2. The number of amides is 1. The Hall–Kier alpha value is -2.91. The summed E-state index contributed by atoms with van der Waals surface area (Å²) in [6.07, 6.45) is 5.09. The van der Waals surface area contributed by atoms with Crippen LogP contribution in [0, 0.1) is 6.92 Å². The molecule has 1 saturated carbocycles. The summed E-state index contributed by atoms with van der Waals surface area (Å²) in [5.74, 6) is 0.536. The van der Waals surface area contributed by atoms with Crippen LogP contribution in [0.25, 0.3) is 5.57 Å². The minimum Gasteiger partial charge on any atom is -0.474 e. The van der Waals surface area contributed by atoms with Crippen molar-refractivity contribution in [2.24, 2.45) is 0 Å². The van der Waals surface area contributed by atoms with Gasteiger partial charge in [-0.3, -0.25) is 0 Å². The Kier molecular flexibility index (Phi) is 7.19. The van der Waals surface area contributed by atoms with Crippen LogP contribution >= 0.6 is 0 Å². The molecule has 1 amide bonds. The van der Waals surface area contributed by atoms with Crippen molar-refractivity contribution in [1.82, 2.24) is 14.6 Å². The highest BCUT2D eigenvalue weighted by Crippen LogP contribution is 2.33. The van der Waals surface area contributed by atoms with Crippen molar-refractivity contribution in [3.05, 3.63) is 59.8 Å². The highest BCUT2D eigenvalue weighted by molar-refractivity contribution is 7.89. The fourth-order valence-electron chi connectivity index (χ4n) is 4.06. The van der Waals surface area contributed by atoms with Gasteiger partial charge in [0.2, 0.25) is 15.9 Å². The van der Waals surface area contributed by atoms with Gasteiger partial charge in [-0.1, -0.05) is 23.8 Å². The van der Waals surface area contributed by atoms with Crippen molar-refractivity contribution in [3.8, 4) is 5.88 Å². The van der Waals surface area contributed by atoms with Gasteiger partial charge in [0.25, 0.3) is 0 Å². The lowest BCUT2D eigenvalue weighted by molar-refractivity contribution is 0.0270. The number of hydrogen-bond donors (Lipinski definition) is 1. The van der Waals surface area contributed by atoms with Crippen LogP contribution in [-0.2, 0) is 14.8 Å². The highest BCUT2D eigenvalue weighted by atomic mass is 32.2. The zero-order chi connectivity index (χ0) is 25.2. The molecule has 0 spiro atoms. The van der Waals surface area contributed by atoms with Gasteiger partial charge >= 0.3 is 6.09 Å². The summed E-state index contributed by atoms with van der Waals surface area (Å²) in [6.45, 7) is 8.51. The number of nitrogens with zero attached hydrogens (tertiary/aromatic N) is 2. The number of aromatic nitrogens is 1. The van der Waals surface area contributed by atoms with Gasteiger partial charge in [0.05, 0.1) is 4.90 Å². The fourth-order valence-corrected chi connectivity index (χ4v) is 5.32. The Bertz CT molecular complexity index is 1200. The molecule has 190 valence electrons. The van der Waals surface area contributed by atoms with E-state index >= 15 is 0 Å². The van der Waals surface area contributed by atoms with Crippen LogP contribution in [0.4, 0.5) is 4.79 Å². The maximum absolute atomic E-state index is 12.6. The molecule has 1 aromatic heterocycles. The SMILES string of the molecule is Cc1ccc(S(=O)(=O)NC2CC(Oc3ncccc3C3=CCN(C(=O)OC(C)(C)C)CC3)C2)cc1.[HH]. The second kappa shape index (κ2) is 9.99. The molecule has 1 aliphatic heterocycles. The highest BCUT2D eigenvalue weighted by Gasteiger charge is 2.35. The molecule has 1 N–H and O–H groups in total. The summed E-state index contributed by atoms with van der Waals surface area (Å²) in [5, 5.41) is 0. The Labute approximate surface area is 208 Å². The lowest BCUT2D eigenvalue weighted by atomic mass is 9.90. The number of rotatable bonds is 6. The third kappa shape index (κ3) is 6.41. The van der Waals surface area contributed by atoms with E-state index in [0.717, 1.165) is 16.7 Å². The molecule has 2 aliphatic rings. The predicted molar refractivity (Wildman–Crippen MR) is 136 cm³/mol. The van der Waals surface area contributed by atoms with Crippen LogP contribution in [0.15, 0.2) is 53.6 Å². The molecular formula is C26H35N3O5S. The molecule has 0 saturated heterocycles. The van der Waals surface area contributed by atoms with Crippen molar-refractivity contribution in [1.29, 1.82) is 0 Å². The molecule has 35 heavy (non-hydrogen) atoms. The van der Waals surface area contributed by atoms with E-state index in [1.807, 2.05) is 45.9 Å². The molecular weight excluding hydrogens is 466 g/mol. The molecule has 0 bridgehead atoms. The lowest BCUT2D eigenvalue weighted by Crippen LogP contribution is -2.49. The van der Waals surface area contributed by atoms with Crippen molar-refractivity contribution in [2.45, 2.75) is 69.6 Å². The molecule has 1 aliphatic carbocycles. The molecule has 1 aromatic carbocycles. The number of sulfonamides is 1. The Morgan fingerprint density at radius 2 is 1.89 bits per heavy atom. The second-order valence-corrected chi connectivity index (χ2v) is 11.8. The quantitative estimate of drug-likeness (QED) is 0.624. The summed E-state index contributed by atoms with van der Waals surface area (Å²) < 4.78 is 39.6. The van der Waals surface area contributed by atoms with Crippen LogP contribution in [0.2, 0.25) is 0 Å². The zero-order valence-corrected chi connectivity index (χ0v) is 21.5. The first-order valence-electron chi connectivity index (χ1n) is 11.9. The smallest absolute Gasteiger partial charge is 0.410 e. The van der Waals surface area contributed by atoms with Crippen LogP contribution in [-0.4, -0.2) is 55.2 Å². The molecule has 1 fully saturated rings. The zero-order valence-electron chi connectivity index (χ0n) is 20.7. The molecule has 2 aromatic rings. The molecule has 0 radical (unpaired) electrons. The van der Waals surface area contributed by atoms with Gasteiger partial charge in [0.15, 0.2) is 0 Å². The number of hydrogen-bond acceptors (Lipinski definition) is 6. The summed E-state index contributed by atoms with van der Waals surface area (Å²) in [4.78, 5) is 18.7. The number of aryl methyl sites for hydroxylation is 1. The van der Waals surface area contributed by atoms with Gasteiger partial charge in [-0.15, -0.1) is 0 Å². The topological polar surface area (TPSA) is 97.8 Å². The van der Waals surface area contributed by atoms with Gasteiger partial charge in [0, 0.05) is 45.2 Å². The van der Waals surface area contributed by atoms with E-state index in [1.54, 1.807) is 35.4 Å². The molecule has 4 rings (SSSR count). The Morgan fingerprint density at radius 1 is 1.17 bits per heavy atom. The van der Waals surface area contributed by atoms with Crippen LogP contribution in [0.5, 0.6) is 5.88 Å². The number of benzene rings is 1. The predicted octanol–water partition coefficient (Wildman–Crippen LogP) is 4.55. The monoisotopic (exact) mass is 501 g/mol. The second-order valence-electron chi connectivity index (χ2n) is 10.1. The average Bonchev–Trinajstić information content (AvgIpc) is 2.77. The maximum atomic E-state index is 12.6. The average molecular weight is 502 g/mol.